The minimum atomic E-state index is 0. The van der Waals surface area contributed by atoms with E-state index in [1.54, 1.807) is 0 Å². The van der Waals surface area contributed by atoms with Gasteiger partial charge in [0.1, 0.15) is 0 Å². The molecule has 0 bridgehead atoms. The molecule has 0 aromatic heterocycles. The summed E-state index contributed by atoms with van der Waals surface area (Å²) in [5.74, 6) is 1.23. The number of fused-ring (bicyclic) bond motifs is 1. The van der Waals surface area contributed by atoms with E-state index in [1.165, 1.54) is 17.5 Å². The van der Waals surface area contributed by atoms with Gasteiger partial charge in [-0.05, 0) is 43.5 Å². The molecular weight excluding hydrogens is 489 g/mol. The molecule has 30 heavy (non-hydrogen) atoms. The topological polar surface area (TPSA) is 51.2 Å². The lowest BCUT2D eigenvalue weighted by Crippen LogP contribution is -2.43. The number of aliphatic imine (C=N–C) groups is 1. The first kappa shape index (κ1) is 24.9. The highest BCUT2D eigenvalue weighted by atomic mass is 127. The Morgan fingerprint density at radius 3 is 2.60 bits per heavy atom. The van der Waals surface area contributed by atoms with Crippen LogP contribution in [0.25, 0.3) is 0 Å². The first-order valence-electron chi connectivity index (χ1n) is 11.2. The fourth-order valence-electron chi connectivity index (χ4n) is 4.61. The molecule has 3 rings (SSSR count). The molecule has 0 spiro atoms. The lowest BCUT2D eigenvalue weighted by molar-refractivity contribution is -0.132. The van der Waals surface area contributed by atoms with E-state index in [0.717, 1.165) is 64.6 Å². The Morgan fingerprint density at radius 2 is 1.90 bits per heavy atom. The number of hydrogen-bond donors (Lipinski definition) is 1. The Hall–Kier alpha value is -1.35. The highest BCUT2D eigenvalue weighted by Crippen LogP contribution is 2.19. The average molecular weight is 527 g/mol. The van der Waals surface area contributed by atoms with Crippen LogP contribution in [0.1, 0.15) is 44.2 Å². The summed E-state index contributed by atoms with van der Waals surface area (Å²) < 4.78 is 0. The zero-order valence-corrected chi connectivity index (χ0v) is 21.1. The van der Waals surface area contributed by atoms with Gasteiger partial charge in [0.2, 0.25) is 5.91 Å². The van der Waals surface area contributed by atoms with Crippen molar-refractivity contribution in [2.75, 3.05) is 46.3 Å². The standard InChI is InChI=1S/C23H37N5O.HI/c1-4-26(5-2)21-13-16-28(18-21)23(24-3)25-14-8-11-22(29)27-15-12-19-9-6-7-10-20(19)17-27;/h6-7,9-10,21H,4-5,8,11-18H2,1-3H3,(H,24,25);1H. The Morgan fingerprint density at radius 1 is 1.17 bits per heavy atom. The highest BCUT2D eigenvalue weighted by molar-refractivity contribution is 14.0. The number of likely N-dealkylation sites (N-methyl/N-ethyl adjacent to an activating group) is 1. The normalized spacial score (nSPS) is 18.9. The Kier molecular flexibility index (Phi) is 10.4. The number of guanidine groups is 1. The molecule has 0 saturated carbocycles. The Labute approximate surface area is 199 Å². The second-order valence-electron chi connectivity index (χ2n) is 8.02. The highest BCUT2D eigenvalue weighted by Gasteiger charge is 2.28. The second kappa shape index (κ2) is 12.5. The van der Waals surface area contributed by atoms with Crippen molar-refractivity contribution in [1.29, 1.82) is 0 Å². The minimum absolute atomic E-state index is 0. The van der Waals surface area contributed by atoms with Gasteiger partial charge in [-0.25, -0.2) is 0 Å². The van der Waals surface area contributed by atoms with Gasteiger partial charge in [-0.2, -0.15) is 0 Å². The van der Waals surface area contributed by atoms with Crippen LogP contribution in [0.2, 0.25) is 0 Å². The van der Waals surface area contributed by atoms with Crippen molar-refractivity contribution in [3.8, 4) is 0 Å². The van der Waals surface area contributed by atoms with Crippen LogP contribution in [-0.2, 0) is 17.8 Å². The molecule has 6 nitrogen and oxygen atoms in total. The number of amides is 1. The molecule has 1 saturated heterocycles. The molecule has 2 aliphatic rings. The van der Waals surface area contributed by atoms with E-state index in [-0.39, 0.29) is 29.9 Å². The van der Waals surface area contributed by atoms with Crippen LogP contribution in [0.3, 0.4) is 0 Å². The van der Waals surface area contributed by atoms with E-state index < -0.39 is 0 Å². The van der Waals surface area contributed by atoms with Crippen molar-refractivity contribution in [3.63, 3.8) is 0 Å². The SMILES string of the molecule is CCN(CC)C1CCN(C(=NC)NCCCC(=O)N2CCc3ccccc3C2)C1.I. The van der Waals surface area contributed by atoms with Gasteiger partial charge >= 0.3 is 0 Å². The summed E-state index contributed by atoms with van der Waals surface area (Å²) in [6.07, 6.45) is 3.59. The first-order chi connectivity index (χ1) is 14.2. The van der Waals surface area contributed by atoms with Gasteiger partial charge in [-0.1, -0.05) is 38.1 Å². The number of carbonyl (C=O) groups is 1. The van der Waals surface area contributed by atoms with Crippen molar-refractivity contribution in [1.82, 2.24) is 20.0 Å². The molecule has 2 aliphatic heterocycles. The number of likely N-dealkylation sites (tertiary alicyclic amines) is 1. The molecule has 1 aromatic carbocycles. The monoisotopic (exact) mass is 527 g/mol. The summed E-state index contributed by atoms with van der Waals surface area (Å²) in [5, 5.41) is 3.47. The maximum Gasteiger partial charge on any atom is 0.222 e. The second-order valence-corrected chi connectivity index (χ2v) is 8.02. The Bertz CT molecular complexity index is 707. The molecular formula is C23H38IN5O. The Balaban J connectivity index is 0.00000320. The molecule has 1 atom stereocenters. The minimum Gasteiger partial charge on any atom is -0.356 e. The van der Waals surface area contributed by atoms with Crippen molar-refractivity contribution in [2.24, 2.45) is 4.99 Å². The van der Waals surface area contributed by atoms with E-state index in [9.17, 15) is 4.79 Å². The van der Waals surface area contributed by atoms with Gasteiger partial charge in [-0.15, -0.1) is 24.0 Å². The van der Waals surface area contributed by atoms with Crippen molar-refractivity contribution >= 4 is 35.8 Å². The van der Waals surface area contributed by atoms with E-state index in [2.05, 4.69) is 58.2 Å². The van der Waals surface area contributed by atoms with Gasteiger partial charge < -0.3 is 15.1 Å². The number of nitrogens with one attached hydrogen (secondary N) is 1. The van der Waals surface area contributed by atoms with Gasteiger partial charge in [0.15, 0.2) is 5.96 Å². The molecule has 1 amide bonds. The van der Waals surface area contributed by atoms with Crippen LogP contribution >= 0.6 is 24.0 Å². The molecule has 1 N–H and O–H groups in total. The fraction of sp³-hybridized carbons (Fsp3) is 0.652. The van der Waals surface area contributed by atoms with Crippen LogP contribution in [0.5, 0.6) is 0 Å². The molecule has 1 unspecified atom stereocenters. The number of benzene rings is 1. The first-order valence-corrected chi connectivity index (χ1v) is 11.2. The molecule has 0 aliphatic carbocycles. The number of carbonyl (C=O) groups excluding carboxylic acids is 1. The number of nitrogens with zero attached hydrogens (tertiary/aromatic N) is 4. The van der Waals surface area contributed by atoms with E-state index in [4.69, 9.17) is 0 Å². The zero-order valence-electron chi connectivity index (χ0n) is 18.8. The third-order valence-electron chi connectivity index (χ3n) is 6.34. The van der Waals surface area contributed by atoms with Crippen molar-refractivity contribution in [3.05, 3.63) is 35.4 Å². The van der Waals surface area contributed by atoms with Gasteiger partial charge in [0.25, 0.3) is 0 Å². The fourth-order valence-corrected chi connectivity index (χ4v) is 4.61. The van der Waals surface area contributed by atoms with Crippen molar-refractivity contribution < 1.29 is 4.79 Å². The summed E-state index contributed by atoms with van der Waals surface area (Å²) in [7, 11) is 1.85. The summed E-state index contributed by atoms with van der Waals surface area (Å²) in [5.41, 5.74) is 2.68. The maximum atomic E-state index is 12.6. The van der Waals surface area contributed by atoms with E-state index in [1.807, 2.05) is 11.9 Å². The predicted molar refractivity (Wildman–Crippen MR) is 134 cm³/mol. The van der Waals surface area contributed by atoms with Crippen LogP contribution in [0.15, 0.2) is 29.3 Å². The smallest absolute Gasteiger partial charge is 0.222 e. The summed E-state index contributed by atoms with van der Waals surface area (Å²) in [6.45, 7) is 11.1. The lowest BCUT2D eigenvalue weighted by atomic mass is 9.99. The zero-order chi connectivity index (χ0) is 20.6. The molecule has 7 heteroatoms. The van der Waals surface area contributed by atoms with Crippen molar-refractivity contribution in [2.45, 2.75) is 52.1 Å². The molecule has 1 aromatic rings. The largest absolute Gasteiger partial charge is 0.356 e. The van der Waals surface area contributed by atoms with Crippen LogP contribution in [0.4, 0.5) is 0 Å². The van der Waals surface area contributed by atoms with Gasteiger partial charge in [-0.3, -0.25) is 14.7 Å². The molecule has 168 valence electrons. The van der Waals surface area contributed by atoms with Gasteiger partial charge in [0.05, 0.1) is 0 Å². The molecule has 2 heterocycles. The number of hydrogen-bond acceptors (Lipinski definition) is 3. The average Bonchev–Trinajstić information content (AvgIpc) is 3.24. The quantitative estimate of drug-likeness (QED) is 0.257. The van der Waals surface area contributed by atoms with E-state index in [0.29, 0.717) is 12.5 Å². The van der Waals surface area contributed by atoms with Crippen LogP contribution < -0.4 is 5.32 Å². The predicted octanol–water partition coefficient (Wildman–Crippen LogP) is 2.96. The van der Waals surface area contributed by atoms with Crippen LogP contribution in [0, 0.1) is 0 Å². The third-order valence-corrected chi connectivity index (χ3v) is 6.34. The number of halogens is 1. The van der Waals surface area contributed by atoms with Gasteiger partial charge in [0, 0.05) is 52.2 Å². The maximum absolute atomic E-state index is 12.6. The van der Waals surface area contributed by atoms with E-state index >= 15 is 0 Å². The molecule has 0 radical (unpaired) electrons. The molecule has 1 fully saturated rings. The van der Waals surface area contributed by atoms with Crippen LogP contribution in [-0.4, -0.2) is 78.9 Å². The summed E-state index contributed by atoms with van der Waals surface area (Å²) in [6, 6.07) is 9.08. The number of rotatable bonds is 7. The lowest BCUT2D eigenvalue weighted by Gasteiger charge is -2.29. The summed E-state index contributed by atoms with van der Waals surface area (Å²) in [4.78, 5) is 24.0. The summed E-state index contributed by atoms with van der Waals surface area (Å²) >= 11 is 0. The third kappa shape index (κ3) is 6.33.